The van der Waals surface area contributed by atoms with Crippen LogP contribution in [-0.2, 0) is 0 Å². The van der Waals surface area contributed by atoms with Crippen LogP contribution in [0.2, 0.25) is 10.0 Å². The highest BCUT2D eigenvalue weighted by Crippen LogP contribution is 2.35. The van der Waals surface area contributed by atoms with Gasteiger partial charge in [0.2, 0.25) is 0 Å². The fraction of sp³-hybridized carbons (Fsp3) is 0.167. The molecular formula is C12H14Cl2N2. The number of rotatable bonds is 5. The summed E-state index contributed by atoms with van der Waals surface area (Å²) in [6.07, 6.45) is 3.57. The number of hydrogen-bond acceptors (Lipinski definition) is 2. The van der Waals surface area contributed by atoms with Crippen molar-refractivity contribution in [2.75, 3.05) is 23.7 Å². The predicted octanol–water partition coefficient (Wildman–Crippen LogP) is 3.75. The lowest BCUT2D eigenvalue weighted by Crippen LogP contribution is -2.23. The van der Waals surface area contributed by atoms with Crippen LogP contribution in [0.25, 0.3) is 0 Å². The Morgan fingerprint density at radius 3 is 1.94 bits per heavy atom. The Morgan fingerprint density at radius 2 is 1.56 bits per heavy atom. The quantitative estimate of drug-likeness (QED) is 0.642. The third-order valence-electron chi connectivity index (χ3n) is 2.05. The molecule has 0 bridgehead atoms. The lowest BCUT2D eigenvalue weighted by Gasteiger charge is -2.24. The summed E-state index contributed by atoms with van der Waals surface area (Å²) in [4.78, 5) is 1.98. The summed E-state index contributed by atoms with van der Waals surface area (Å²) in [6.45, 7) is 8.69. The second-order valence-electron chi connectivity index (χ2n) is 3.32. The molecule has 0 unspecified atom stereocenters. The van der Waals surface area contributed by atoms with E-state index in [-0.39, 0.29) is 0 Å². The molecular weight excluding hydrogens is 243 g/mol. The Bertz CT molecular complexity index is 369. The Morgan fingerprint density at radius 1 is 1.12 bits per heavy atom. The van der Waals surface area contributed by atoms with Crippen molar-refractivity contribution < 1.29 is 0 Å². The van der Waals surface area contributed by atoms with Gasteiger partial charge in [0, 0.05) is 18.8 Å². The topological polar surface area (TPSA) is 29.3 Å². The molecule has 4 heteroatoms. The van der Waals surface area contributed by atoms with Gasteiger partial charge in [-0.1, -0.05) is 35.4 Å². The number of anilines is 2. The molecule has 0 saturated carbocycles. The van der Waals surface area contributed by atoms with Crippen LogP contribution >= 0.6 is 23.2 Å². The lowest BCUT2D eigenvalue weighted by molar-refractivity contribution is 0.957. The summed E-state index contributed by atoms with van der Waals surface area (Å²) in [7, 11) is 0. The average molecular weight is 257 g/mol. The number of nitrogen functional groups attached to an aromatic ring is 1. The Balaban J connectivity index is 3.16. The van der Waals surface area contributed by atoms with Gasteiger partial charge in [-0.25, -0.2) is 0 Å². The monoisotopic (exact) mass is 256 g/mol. The molecule has 0 saturated heterocycles. The molecule has 1 rings (SSSR count). The van der Waals surface area contributed by atoms with Crippen molar-refractivity contribution in [1.29, 1.82) is 0 Å². The standard InChI is InChI=1S/C12H14Cl2N2/c1-3-5-16(6-4-2)12-10(13)7-9(15)8-11(12)14/h3-4,7-8H,1-2,5-6,15H2. The predicted molar refractivity (Wildman–Crippen MR) is 73.5 cm³/mol. The number of nitrogens with zero attached hydrogens (tertiary/aromatic N) is 1. The van der Waals surface area contributed by atoms with E-state index in [2.05, 4.69) is 13.2 Å². The van der Waals surface area contributed by atoms with Crippen LogP contribution < -0.4 is 10.6 Å². The minimum absolute atomic E-state index is 0.536. The maximum Gasteiger partial charge on any atom is 0.0752 e. The SMILES string of the molecule is C=CCN(CC=C)c1c(Cl)cc(N)cc1Cl. The molecule has 0 spiro atoms. The van der Waals surface area contributed by atoms with Gasteiger partial charge in [0.05, 0.1) is 15.7 Å². The minimum atomic E-state index is 0.536. The molecule has 16 heavy (non-hydrogen) atoms. The maximum absolute atomic E-state index is 6.13. The first-order valence-corrected chi connectivity index (χ1v) is 5.57. The lowest BCUT2D eigenvalue weighted by atomic mass is 10.2. The van der Waals surface area contributed by atoms with E-state index < -0.39 is 0 Å². The zero-order valence-corrected chi connectivity index (χ0v) is 10.4. The van der Waals surface area contributed by atoms with Crippen LogP contribution in [0.15, 0.2) is 37.4 Å². The largest absolute Gasteiger partial charge is 0.399 e. The highest BCUT2D eigenvalue weighted by molar-refractivity contribution is 6.39. The normalized spacial score (nSPS) is 9.88. The molecule has 0 aliphatic rings. The van der Waals surface area contributed by atoms with Crippen molar-refractivity contribution >= 4 is 34.6 Å². The highest BCUT2D eigenvalue weighted by atomic mass is 35.5. The van der Waals surface area contributed by atoms with E-state index in [1.54, 1.807) is 24.3 Å². The third kappa shape index (κ3) is 2.94. The van der Waals surface area contributed by atoms with Gasteiger partial charge in [0.1, 0.15) is 0 Å². The molecule has 0 heterocycles. The fourth-order valence-corrected chi connectivity index (χ4v) is 2.20. The minimum Gasteiger partial charge on any atom is -0.399 e. The van der Waals surface area contributed by atoms with Crippen molar-refractivity contribution in [2.24, 2.45) is 0 Å². The van der Waals surface area contributed by atoms with E-state index in [1.807, 2.05) is 4.90 Å². The van der Waals surface area contributed by atoms with Crippen molar-refractivity contribution in [2.45, 2.75) is 0 Å². The summed E-state index contributed by atoms with van der Waals surface area (Å²) < 4.78 is 0. The molecule has 0 radical (unpaired) electrons. The number of halogens is 2. The fourth-order valence-electron chi connectivity index (χ4n) is 1.46. The molecule has 0 aliphatic carbocycles. The van der Waals surface area contributed by atoms with Gasteiger partial charge < -0.3 is 10.6 Å². The van der Waals surface area contributed by atoms with Crippen molar-refractivity contribution in [3.63, 3.8) is 0 Å². The zero-order chi connectivity index (χ0) is 12.1. The molecule has 0 atom stereocenters. The summed E-state index contributed by atoms with van der Waals surface area (Å²) >= 11 is 12.3. The molecule has 0 aliphatic heterocycles. The molecule has 0 amide bonds. The first-order valence-electron chi connectivity index (χ1n) is 4.81. The van der Waals surface area contributed by atoms with Crippen LogP contribution in [0.5, 0.6) is 0 Å². The van der Waals surface area contributed by atoms with E-state index in [4.69, 9.17) is 28.9 Å². The van der Waals surface area contributed by atoms with Gasteiger partial charge in [-0.3, -0.25) is 0 Å². The van der Waals surface area contributed by atoms with Crippen LogP contribution in [0.1, 0.15) is 0 Å². The maximum atomic E-state index is 6.13. The Kier molecular flexibility index (Phi) is 4.71. The van der Waals surface area contributed by atoms with Gasteiger partial charge in [-0.05, 0) is 12.1 Å². The van der Waals surface area contributed by atoms with Crippen molar-refractivity contribution in [3.8, 4) is 0 Å². The summed E-state index contributed by atoms with van der Waals surface area (Å²) in [5, 5.41) is 1.07. The number of hydrogen-bond donors (Lipinski definition) is 1. The Hall–Kier alpha value is -1.12. The summed E-state index contributed by atoms with van der Waals surface area (Å²) in [6, 6.07) is 3.36. The van der Waals surface area contributed by atoms with Crippen LogP contribution in [0.4, 0.5) is 11.4 Å². The molecule has 1 aromatic carbocycles. The van der Waals surface area contributed by atoms with Crippen LogP contribution in [0.3, 0.4) is 0 Å². The number of nitrogens with two attached hydrogens (primary N) is 1. The summed E-state index contributed by atoms with van der Waals surface area (Å²) in [5.41, 5.74) is 6.96. The van der Waals surface area contributed by atoms with Crippen LogP contribution in [-0.4, -0.2) is 13.1 Å². The molecule has 0 aromatic heterocycles. The molecule has 2 nitrogen and oxygen atoms in total. The third-order valence-corrected chi connectivity index (χ3v) is 2.63. The molecule has 0 fully saturated rings. The van der Waals surface area contributed by atoms with Gasteiger partial charge in [-0.15, -0.1) is 13.2 Å². The molecule has 1 aromatic rings. The average Bonchev–Trinajstić information content (AvgIpc) is 2.16. The van der Waals surface area contributed by atoms with Gasteiger partial charge in [0.25, 0.3) is 0 Å². The van der Waals surface area contributed by atoms with Crippen molar-refractivity contribution in [1.82, 2.24) is 0 Å². The summed E-state index contributed by atoms with van der Waals surface area (Å²) in [5.74, 6) is 0. The van der Waals surface area contributed by atoms with E-state index in [0.717, 1.165) is 5.69 Å². The van der Waals surface area contributed by atoms with Gasteiger partial charge in [0.15, 0.2) is 0 Å². The second-order valence-corrected chi connectivity index (χ2v) is 4.13. The first-order chi connectivity index (χ1) is 7.60. The molecule has 2 N–H and O–H groups in total. The Labute approximate surface area is 106 Å². The first kappa shape index (κ1) is 12.9. The second kappa shape index (κ2) is 5.83. The van der Waals surface area contributed by atoms with E-state index in [0.29, 0.717) is 28.8 Å². The van der Waals surface area contributed by atoms with E-state index in [1.165, 1.54) is 0 Å². The van der Waals surface area contributed by atoms with E-state index >= 15 is 0 Å². The van der Waals surface area contributed by atoms with Gasteiger partial charge >= 0.3 is 0 Å². The van der Waals surface area contributed by atoms with Gasteiger partial charge in [-0.2, -0.15) is 0 Å². The smallest absolute Gasteiger partial charge is 0.0752 e. The highest BCUT2D eigenvalue weighted by Gasteiger charge is 2.13. The van der Waals surface area contributed by atoms with E-state index in [9.17, 15) is 0 Å². The molecule has 86 valence electrons. The van der Waals surface area contributed by atoms with Crippen LogP contribution in [0, 0.1) is 0 Å². The number of benzene rings is 1. The zero-order valence-electron chi connectivity index (χ0n) is 8.92. The van der Waals surface area contributed by atoms with Crippen molar-refractivity contribution in [3.05, 3.63) is 47.5 Å².